The van der Waals surface area contributed by atoms with Crippen LogP contribution < -0.4 is 16.0 Å². The Labute approximate surface area is 186 Å². The zero-order chi connectivity index (χ0) is 22.8. The van der Waals surface area contributed by atoms with Crippen LogP contribution in [0.15, 0.2) is 54.9 Å². The van der Waals surface area contributed by atoms with Gasteiger partial charge in [0.2, 0.25) is 0 Å². The van der Waals surface area contributed by atoms with Crippen LogP contribution in [-0.2, 0) is 16.0 Å². The molecule has 1 aliphatic heterocycles. The number of nitrogens with zero attached hydrogens (tertiary/aromatic N) is 1. The van der Waals surface area contributed by atoms with Gasteiger partial charge in [-0.1, -0.05) is 24.3 Å². The number of carbonyl (C=O) groups excluding carboxylic acids is 3. The number of carbonyl (C=O) groups is 3. The molecule has 3 atom stereocenters. The minimum Gasteiger partial charge on any atom is -0.391 e. The van der Waals surface area contributed by atoms with E-state index in [1.807, 2.05) is 12.1 Å². The fourth-order valence-corrected chi connectivity index (χ4v) is 3.50. The third-order valence-corrected chi connectivity index (χ3v) is 5.24. The third kappa shape index (κ3) is 7.14. The van der Waals surface area contributed by atoms with Gasteiger partial charge in [0.1, 0.15) is 6.04 Å². The first-order valence-electron chi connectivity index (χ1n) is 10.7. The molecule has 0 bridgehead atoms. The Morgan fingerprint density at radius 3 is 2.69 bits per heavy atom. The van der Waals surface area contributed by atoms with E-state index in [-0.39, 0.29) is 18.9 Å². The van der Waals surface area contributed by atoms with Crippen molar-refractivity contribution in [3.05, 3.63) is 66.0 Å². The van der Waals surface area contributed by atoms with Gasteiger partial charge in [-0.25, -0.2) is 9.59 Å². The first kappa shape index (κ1) is 23.4. The molecular weight excluding hydrogens is 412 g/mol. The van der Waals surface area contributed by atoms with Crippen molar-refractivity contribution >= 4 is 18.0 Å². The highest BCUT2D eigenvalue weighted by Crippen LogP contribution is 2.10. The normalized spacial score (nSPS) is 17.2. The van der Waals surface area contributed by atoms with Crippen LogP contribution in [0.2, 0.25) is 0 Å². The summed E-state index contributed by atoms with van der Waals surface area (Å²) in [5, 5.41) is 19.0. The van der Waals surface area contributed by atoms with E-state index in [1.54, 1.807) is 42.7 Å². The van der Waals surface area contributed by atoms with Crippen LogP contribution >= 0.6 is 0 Å². The quantitative estimate of drug-likeness (QED) is 0.340. The van der Waals surface area contributed by atoms with Gasteiger partial charge in [-0.3, -0.25) is 9.78 Å². The molecule has 1 aromatic heterocycles. The van der Waals surface area contributed by atoms with Crippen molar-refractivity contribution in [1.82, 2.24) is 20.9 Å². The molecule has 3 rings (SSSR count). The fraction of sp³-hybridized carbons (Fsp3) is 0.391. The number of hydrogen-bond acceptors (Lipinski definition) is 7. The molecule has 32 heavy (non-hydrogen) atoms. The SMILES string of the molecule is O=C(NCCC(O)C(Cc1cccnc1)NC(=O)c1ccccc1)OC(=O)[C@@H]1CCCN1. The lowest BCUT2D eigenvalue weighted by atomic mass is 9.99. The van der Waals surface area contributed by atoms with Crippen LogP contribution in [0, 0.1) is 0 Å². The maximum Gasteiger partial charge on any atom is 0.414 e. The van der Waals surface area contributed by atoms with Crippen LogP contribution in [0.4, 0.5) is 4.79 Å². The van der Waals surface area contributed by atoms with Gasteiger partial charge in [0.15, 0.2) is 0 Å². The molecule has 9 nitrogen and oxygen atoms in total. The second-order valence-electron chi connectivity index (χ2n) is 7.65. The highest BCUT2D eigenvalue weighted by molar-refractivity contribution is 5.94. The molecule has 0 radical (unpaired) electrons. The van der Waals surface area contributed by atoms with Crippen LogP contribution in [0.3, 0.4) is 0 Å². The van der Waals surface area contributed by atoms with E-state index >= 15 is 0 Å². The number of aromatic nitrogens is 1. The van der Waals surface area contributed by atoms with E-state index in [1.165, 1.54) is 0 Å². The van der Waals surface area contributed by atoms with Crippen molar-refractivity contribution in [3.63, 3.8) is 0 Å². The highest BCUT2D eigenvalue weighted by Gasteiger charge is 2.26. The Balaban J connectivity index is 1.53. The van der Waals surface area contributed by atoms with E-state index in [0.717, 1.165) is 18.5 Å². The molecule has 4 N–H and O–H groups in total. The van der Waals surface area contributed by atoms with Gasteiger partial charge in [0.25, 0.3) is 5.91 Å². The molecule has 2 amide bonds. The Kier molecular flexibility index (Phi) is 8.70. The summed E-state index contributed by atoms with van der Waals surface area (Å²) in [7, 11) is 0. The number of ether oxygens (including phenoxy) is 1. The minimum absolute atomic E-state index is 0.0795. The van der Waals surface area contributed by atoms with Crippen LogP contribution in [0.25, 0.3) is 0 Å². The molecule has 1 aromatic carbocycles. The van der Waals surface area contributed by atoms with Crippen molar-refractivity contribution in [2.75, 3.05) is 13.1 Å². The second kappa shape index (κ2) is 11.9. The zero-order valence-corrected chi connectivity index (χ0v) is 17.7. The Bertz CT molecular complexity index is 888. The molecule has 0 spiro atoms. The number of hydrogen-bond donors (Lipinski definition) is 4. The Morgan fingerprint density at radius 2 is 2.00 bits per heavy atom. The van der Waals surface area contributed by atoms with Crippen molar-refractivity contribution < 1.29 is 24.2 Å². The number of nitrogens with one attached hydrogen (secondary N) is 3. The van der Waals surface area contributed by atoms with Crippen LogP contribution in [0.5, 0.6) is 0 Å². The molecule has 9 heteroatoms. The number of rotatable bonds is 9. The molecule has 2 unspecified atom stereocenters. The lowest BCUT2D eigenvalue weighted by Gasteiger charge is -2.24. The lowest BCUT2D eigenvalue weighted by molar-refractivity contribution is -0.139. The largest absolute Gasteiger partial charge is 0.414 e. The van der Waals surface area contributed by atoms with Gasteiger partial charge in [-0.2, -0.15) is 0 Å². The third-order valence-electron chi connectivity index (χ3n) is 5.24. The zero-order valence-electron chi connectivity index (χ0n) is 17.7. The van der Waals surface area contributed by atoms with Crippen molar-refractivity contribution in [2.24, 2.45) is 0 Å². The van der Waals surface area contributed by atoms with Gasteiger partial charge in [-0.05, 0) is 56.0 Å². The molecule has 0 aliphatic carbocycles. The summed E-state index contributed by atoms with van der Waals surface area (Å²) in [5.41, 5.74) is 1.34. The summed E-state index contributed by atoms with van der Waals surface area (Å²) in [6.45, 7) is 0.802. The molecule has 1 saturated heterocycles. The van der Waals surface area contributed by atoms with E-state index in [9.17, 15) is 19.5 Å². The van der Waals surface area contributed by atoms with Crippen molar-refractivity contribution in [3.8, 4) is 0 Å². The maximum absolute atomic E-state index is 12.6. The Morgan fingerprint density at radius 1 is 1.19 bits per heavy atom. The second-order valence-corrected chi connectivity index (χ2v) is 7.65. The number of aliphatic hydroxyl groups is 1. The molecule has 1 fully saturated rings. The van der Waals surface area contributed by atoms with Gasteiger partial charge in [-0.15, -0.1) is 0 Å². The number of aliphatic hydroxyl groups excluding tert-OH is 1. The predicted octanol–water partition coefficient (Wildman–Crippen LogP) is 1.18. The van der Waals surface area contributed by atoms with Crippen molar-refractivity contribution in [2.45, 2.75) is 43.9 Å². The highest BCUT2D eigenvalue weighted by atomic mass is 16.6. The number of amides is 2. The number of esters is 1. The standard InChI is InChI=1S/C23H28N4O5/c28-20(10-13-26-23(31)32-22(30)18-9-5-12-25-18)19(14-16-6-4-11-24-15-16)27-21(29)17-7-2-1-3-8-17/h1-4,6-8,11,15,18-20,25,28H,5,9-10,12-14H2,(H,26,31)(H,27,29)/t18-,19?,20?/m0/s1. The van der Waals surface area contributed by atoms with Gasteiger partial charge in [0.05, 0.1) is 12.1 Å². The molecule has 2 heterocycles. The monoisotopic (exact) mass is 440 g/mol. The Hall–Kier alpha value is -3.30. The van der Waals surface area contributed by atoms with Crippen LogP contribution in [-0.4, -0.2) is 59.3 Å². The molecule has 2 aromatic rings. The van der Waals surface area contributed by atoms with E-state index in [2.05, 4.69) is 20.9 Å². The average molecular weight is 441 g/mol. The predicted molar refractivity (Wildman–Crippen MR) is 117 cm³/mol. The molecule has 170 valence electrons. The minimum atomic E-state index is -0.949. The summed E-state index contributed by atoms with van der Waals surface area (Å²) in [5.74, 6) is -0.911. The smallest absolute Gasteiger partial charge is 0.391 e. The fourth-order valence-electron chi connectivity index (χ4n) is 3.50. The summed E-state index contributed by atoms with van der Waals surface area (Å²) in [6.07, 6.45) is 3.54. The molecule has 0 saturated carbocycles. The molecule has 1 aliphatic rings. The van der Waals surface area contributed by atoms with E-state index in [4.69, 9.17) is 4.74 Å². The van der Waals surface area contributed by atoms with Gasteiger partial charge >= 0.3 is 12.1 Å². The summed E-state index contributed by atoms with van der Waals surface area (Å²) < 4.78 is 4.78. The van der Waals surface area contributed by atoms with Gasteiger partial charge in [0, 0.05) is 24.5 Å². The lowest BCUT2D eigenvalue weighted by Crippen LogP contribution is -2.46. The first-order chi connectivity index (χ1) is 15.5. The molecular formula is C23H28N4O5. The number of benzene rings is 1. The van der Waals surface area contributed by atoms with E-state index < -0.39 is 30.3 Å². The van der Waals surface area contributed by atoms with Gasteiger partial charge < -0.3 is 25.8 Å². The summed E-state index contributed by atoms with van der Waals surface area (Å²) >= 11 is 0. The first-order valence-corrected chi connectivity index (χ1v) is 10.7. The topological polar surface area (TPSA) is 130 Å². The summed E-state index contributed by atoms with van der Waals surface area (Å²) in [6, 6.07) is 11.3. The van der Waals surface area contributed by atoms with E-state index in [0.29, 0.717) is 18.4 Å². The summed E-state index contributed by atoms with van der Waals surface area (Å²) in [4.78, 5) is 40.4. The average Bonchev–Trinajstić information content (AvgIpc) is 3.35. The maximum atomic E-state index is 12.6. The number of alkyl carbamates (subject to hydrolysis) is 1. The van der Waals surface area contributed by atoms with Crippen LogP contribution in [0.1, 0.15) is 35.2 Å². The van der Waals surface area contributed by atoms with Crippen molar-refractivity contribution in [1.29, 1.82) is 0 Å². The number of pyridine rings is 1.